The average Bonchev–Trinajstić information content (AvgIpc) is 2.81. The summed E-state index contributed by atoms with van der Waals surface area (Å²) in [6.45, 7) is 4.57. The van der Waals surface area contributed by atoms with Crippen molar-refractivity contribution in [3.63, 3.8) is 0 Å². The Balaban J connectivity index is 1.97. The molecule has 0 radical (unpaired) electrons. The third kappa shape index (κ3) is 2.43. The quantitative estimate of drug-likeness (QED) is 0.680. The number of ketones is 1. The second kappa shape index (κ2) is 5.76. The first kappa shape index (κ1) is 14.5. The molecule has 0 amide bonds. The van der Waals surface area contributed by atoms with Crippen LogP contribution in [0, 0.1) is 5.92 Å². The van der Waals surface area contributed by atoms with Crippen LogP contribution in [0.25, 0.3) is 11.1 Å². The van der Waals surface area contributed by atoms with E-state index >= 15 is 0 Å². The molecule has 0 saturated heterocycles. The molecule has 0 N–H and O–H groups in total. The smallest absolute Gasteiger partial charge is 0.338 e. The Morgan fingerprint density at radius 3 is 2.41 bits per heavy atom. The molecule has 1 aliphatic rings. The van der Waals surface area contributed by atoms with Crippen LogP contribution < -0.4 is 0 Å². The van der Waals surface area contributed by atoms with Crippen LogP contribution in [0.5, 0.6) is 0 Å². The molecule has 2 aromatic rings. The highest BCUT2D eigenvalue weighted by Crippen LogP contribution is 2.38. The second-order valence-corrected chi connectivity index (χ2v) is 5.92. The van der Waals surface area contributed by atoms with Crippen molar-refractivity contribution in [1.29, 1.82) is 0 Å². The fraction of sp³-hybridized carbons (Fsp3) is 0.263. The maximum absolute atomic E-state index is 12.4. The fourth-order valence-corrected chi connectivity index (χ4v) is 2.71. The zero-order chi connectivity index (χ0) is 15.7. The van der Waals surface area contributed by atoms with Crippen molar-refractivity contribution < 1.29 is 14.3 Å². The SMILES string of the molecule is CC(C)CCOC(=O)c1cccc2c1-c1ccccc1C2=O. The topological polar surface area (TPSA) is 43.4 Å². The van der Waals surface area contributed by atoms with Gasteiger partial charge in [-0.25, -0.2) is 4.79 Å². The highest BCUT2D eigenvalue weighted by atomic mass is 16.5. The monoisotopic (exact) mass is 294 g/mol. The number of carbonyl (C=O) groups is 2. The van der Waals surface area contributed by atoms with Crippen LogP contribution in [0.2, 0.25) is 0 Å². The number of hydrogen-bond acceptors (Lipinski definition) is 3. The van der Waals surface area contributed by atoms with E-state index in [1.807, 2.05) is 18.2 Å². The number of ether oxygens (including phenoxy) is 1. The van der Waals surface area contributed by atoms with Crippen molar-refractivity contribution in [2.24, 2.45) is 5.92 Å². The summed E-state index contributed by atoms with van der Waals surface area (Å²) in [5.74, 6) is 0.0982. The van der Waals surface area contributed by atoms with Gasteiger partial charge in [0.15, 0.2) is 5.78 Å². The molecule has 22 heavy (non-hydrogen) atoms. The third-order valence-corrected chi connectivity index (χ3v) is 3.90. The van der Waals surface area contributed by atoms with Gasteiger partial charge in [-0.3, -0.25) is 4.79 Å². The summed E-state index contributed by atoms with van der Waals surface area (Å²) in [5, 5.41) is 0. The summed E-state index contributed by atoms with van der Waals surface area (Å²) in [5.41, 5.74) is 3.23. The molecular weight excluding hydrogens is 276 g/mol. The number of fused-ring (bicyclic) bond motifs is 3. The van der Waals surface area contributed by atoms with Gasteiger partial charge in [0.25, 0.3) is 0 Å². The van der Waals surface area contributed by atoms with E-state index < -0.39 is 0 Å². The molecule has 0 spiro atoms. The lowest BCUT2D eigenvalue weighted by Crippen LogP contribution is -2.09. The van der Waals surface area contributed by atoms with Crippen LogP contribution in [0.4, 0.5) is 0 Å². The predicted molar refractivity (Wildman–Crippen MR) is 85.0 cm³/mol. The van der Waals surface area contributed by atoms with Crippen LogP contribution >= 0.6 is 0 Å². The molecule has 0 unspecified atom stereocenters. The van der Waals surface area contributed by atoms with Crippen LogP contribution in [0.1, 0.15) is 46.5 Å². The van der Waals surface area contributed by atoms with Gasteiger partial charge in [0.2, 0.25) is 0 Å². The lowest BCUT2D eigenvalue weighted by Gasteiger charge is -2.10. The van der Waals surface area contributed by atoms with Crippen LogP contribution in [-0.2, 0) is 4.74 Å². The average molecular weight is 294 g/mol. The second-order valence-electron chi connectivity index (χ2n) is 5.92. The van der Waals surface area contributed by atoms with Gasteiger partial charge in [0.05, 0.1) is 12.2 Å². The van der Waals surface area contributed by atoms with Gasteiger partial charge in [0, 0.05) is 16.7 Å². The lowest BCUT2D eigenvalue weighted by molar-refractivity contribution is 0.0489. The van der Waals surface area contributed by atoms with Crippen molar-refractivity contribution >= 4 is 11.8 Å². The molecule has 3 heteroatoms. The minimum Gasteiger partial charge on any atom is -0.462 e. The molecule has 3 rings (SSSR count). The minimum absolute atomic E-state index is 0.0255. The highest BCUT2D eigenvalue weighted by molar-refractivity contribution is 6.24. The molecule has 112 valence electrons. The zero-order valence-corrected chi connectivity index (χ0v) is 12.8. The van der Waals surface area contributed by atoms with Gasteiger partial charge < -0.3 is 4.74 Å². The van der Waals surface area contributed by atoms with E-state index in [0.29, 0.717) is 34.8 Å². The molecule has 0 saturated carbocycles. The lowest BCUT2D eigenvalue weighted by atomic mass is 9.99. The summed E-state index contributed by atoms with van der Waals surface area (Å²) in [6, 6.07) is 12.6. The van der Waals surface area contributed by atoms with Crippen molar-refractivity contribution in [2.75, 3.05) is 6.61 Å². The number of rotatable bonds is 4. The highest BCUT2D eigenvalue weighted by Gasteiger charge is 2.30. The van der Waals surface area contributed by atoms with E-state index in [9.17, 15) is 9.59 Å². The Morgan fingerprint density at radius 2 is 1.68 bits per heavy atom. The summed E-state index contributed by atoms with van der Waals surface area (Å²) in [4.78, 5) is 24.8. The molecule has 0 atom stereocenters. The van der Waals surface area contributed by atoms with E-state index in [1.165, 1.54) is 0 Å². The summed E-state index contributed by atoms with van der Waals surface area (Å²) in [7, 11) is 0. The van der Waals surface area contributed by atoms with Gasteiger partial charge in [-0.1, -0.05) is 50.2 Å². The fourth-order valence-electron chi connectivity index (χ4n) is 2.71. The Labute approximate surface area is 129 Å². The van der Waals surface area contributed by atoms with E-state index in [0.717, 1.165) is 12.0 Å². The van der Waals surface area contributed by atoms with E-state index in [4.69, 9.17) is 4.74 Å². The Hall–Kier alpha value is -2.42. The number of esters is 1. The van der Waals surface area contributed by atoms with Crippen molar-refractivity contribution in [3.8, 4) is 11.1 Å². The third-order valence-electron chi connectivity index (χ3n) is 3.90. The number of benzene rings is 2. The first-order chi connectivity index (χ1) is 10.6. The van der Waals surface area contributed by atoms with E-state index in [-0.39, 0.29) is 11.8 Å². The molecular formula is C19H18O3. The summed E-state index contributed by atoms with van der Waals surface area (Å²) < 4.78 is 5.36. The molecule has 0 aliphatic heterocycles. The molecule has 0 fully saturated rings. The van der Waals surface area contributed by atoms with Crippen molar-refractivity contribution in [2.45, 2.75) is 20.3 Å². The van der Waals surface area contributed by atoms with Gasteiger partial charge in [-0.15, -0.1) is 0 Å². The van der Waals surface area contributed by atoms with E-state index in [1.54, 1.807) is 24.3 Å². The van der Waals surface area contributed by atoms with Crippen LogP contribution in [0.3, 0.4) is 0 Å². The molecule has 0 bridgehead atoms. The standard InChI is InChI=1S/C19H18O3/c1-12(2)10-11-22-19(21)16-9-5-8-15-17(16)13-6-3-4-7-14(13)18(15)20/h3-9,12H,10-11H2,1-2H3. The largest absolute Gasteiger partial charge is 0.462 e. The Kier molecular flexibility index (Phi) is 3.80. The maximum atomic E-state index is 12.4. The van der Waals surface area contributed by atoms with Crippen LogP contribution in [0.15, 0.2) is 42.5 Å². The van der Waals surface area contributed by atoms with Gasteiger partial charge in [-0.2, -0.15) is 0 Å². The molecule has 3 nitrogen and oxygen atoms in total. The van der Waals surface area contributed by atoms with Crippen molar-refractivity contribution in [1.82, 2.24) is 0 Å². The number of hydrogen-bond donors (Lipinski definition) is 0. The van der Waals surface area contributed by atoms with Crippen LogP contribution in [-0.4, -0.2) is 18.4 Å². The minimum atomic E-state index is -0.359. The normalized spacial score (nSPS) is 12.2. The first-order valence-corrected chi connectivity index (χ1v) is 7.54. The van der Waals surface area contributed by atoms with Gasteiger partial charge >= 0.3 is 5.97 Å². The Bertz CT molecular complexity index is 744. The maximum Gasteiger partial charge on any atom is 0.338 e. The van der Waals surface area contributed by atoms with Gasteiger partial charge in [-0.05, 0) is 24.0 Å². The molecule has 0 heterocycles. The van der Waals surface area contributed by atoms with E-state index in [2.05, 4.69) is 13.8 Å². The molecule has 0 aromatic heterocycles. The number of carbonyl (C=O) groups excluding carboxylic acids is 2. The summed E-state index contributed by atoms with van der Waals surface area (Å²) in [6.07, 6.45) is 0.830. The zero-order valence-electron chi connectivity index (χ0n) is 12.8. The van der Waals surface area contributed by atoms with Gasteiger partial charge in [0.1, 0.15) is 0 Å². The molecule has 2 aromatic carbocycles. The Morgan fingerprint density at radius 1 is 1.00 bits per heavy atom. The predicted octanol–water partition coefficient (Wildman–Crippen LogP) is 4.10. The van der Waals surface area contributed by atoms with Crippen molar-refractivity contribution in [3.05, 3.63) is 59.2 Å². The first-order valence-electron chi connectivity index (χ1n) is 7.54. The summed E-state index contributed by atoms with van der Waals surface area (Å²) >= 11 is 0. The molecule has 1 aliphatic carbocycles.